The van der Waals surface area contributed by atoms with Gasteiger partial charge in [0.15, 0.2) is 0 Å². The zero-order valence-corrected chi connectivity index (χ0v) is 9.31. The van der Waals surface area contributed by atoms with Gasteiger partial charge in [-0.1, -0.05) is 6.07 Å². The summed E-state index contributed by atoms with van der Waals surface area (Å²) in [7, 11) is 0. The highest BCUT2D eigenvalue weighted by Gasteiger charge is 2.17. The molecule has 2 heterocycles. The number of carbonyl (C=O) groups excluding carboxylic acids is 1. The maximum Gasteiger partial charge on any atom is 0.267 e. The first-order valence-corrected chi connectivity index (χ1v) is 5.42. The second-order valence-corrected chi connectivity index (χ2v) is 4.05. The second kappa shape index (κ2) is 4.49. The number of carbonyl (C=O) groups is 1. The Hall–Kier alpha value is -1.62. The van der Waals surface area contributed by atoms with E-state index in [1.165, 1.54) is 0 Å². The number of rotatable bonds is 2. The van der Waals surface area contributed by atoms with Crippen LogP contribution in [-0.2, 0) is 0 Å². The van der Waals surface area contributed by atoms with Crippen molar-refractivity contribution in [3.63, 3.8) is 0 Å². The Bertz CT molecular complexity index is 393. The molecule has 1 amide bonds. The average molecular weight is 220 g/mol. The lowest BCUT2D eigenvalue weighted by atomic mass is 10.2. The predicted molar refractivity (Wildman–Crippen MR) is 62.4 cm³/mol. The molecule has 16 heavy (non-hydrogen) atoms. The fourth-order valence-electron chi connectivity index (χ4n) is 1.88. The molecule has 5 heteroatoms. The van der Waals surface area contributed by atoms with E-state index >= 15 is 0 Å². The summed E-state index contributed by atoms with van der Waals surface area (Å²) in [6, 6.07) is 5.80. The van der Waals surface area contributed by atoms with Crippen LogP contribution in [0.4, 0.5) is 5.82 Å². The average Bonchev–Trinajstić information content (AvgIpc) is 2.29. The normalized spacial score (nSPS) is 20.8. The molecule has 2 rings (SSSR count). The Morgan fingerprint density at radius 2 is 2.44 bits per heavy atom. The molecular formula is C11H16N4O. The van der Waals surface area contributed by atoms with Gasteiger partial charge in [0.2, 0.25) is 0 Å². The van der Waals surface area contributed by atoms with Crippen molar-refractivity contribution in [1.82, 2.24) is 10.3 Å². The van der Waals surface area contributed by atoms with E-state index in [-0.39, 0.29) is 0 Å². The van der Waals surface area contributed by atoms with Gasteiger partial charge >= 0.3 is 0 Å². The summed E-state index contributed by atoms with van der Waals surface area (Å²) >= 11 is 0. The van der Waals surface area contributed by atoms with Gasteiger partial charge in [0, 0.05) is 25.7 Å². The van der Waals surface area contributed by atoms with Crippen molar-refractivity contribution >= 4 is 11.7 Å². The highest BCUT2D eigenvalue weighted by Crippen LogP contribution is 2.13. The van der Waals surface area contributed by atoms with Gasteiger partial charge in [0.25, 0.3) is 5.91 Å². The van der Waals surface area contributed by atoms with Gasteiger partial charge in [0.05, 0.1) is 0 Å². The van der Waals surface area contributed by atoms with Crippen molar-refractivity contribution in [2.45, 2.75) is 13.0 Å². The fourth-order valence-corrected chi connectivity index (χ4v) is 1.88. The van der Waals surface area contributed by atoms with Crippen molar-refractivity contribution in [2.24, 2.45) is 5.73 Å². The predicted octanol–water partition coefficient (Wildman–Crippen LogP) is -0.0214. The lowest BCUT2D eigenvalue weighted by molar-refractivity contribution is 0.0995. The van der Waals surface area contributed by atoms with Gasteiger partial charge in [-0.25, -0.2) is 4.98 Å². The molecular weight excluding hydrogens is 204 g/mol. The van der Waals surface area contributed by atoms with Crippen LogP contribution in [0.5, 0.6) is 0 Å². The van der Waals surface area contributed by atoms with Gasteiger partial charge in [-0.05, 0) is 19.1 Å². The Balaban J connectivity index is 2.19. The number of nitrogens with zero attached hydrogens (tertiary/aromatic N) is 2. The molecule has 0 unspecified atom stereocenters. The molecule has 1 atom stereocenters. The standard InChI is InChI=1S/C11H16N4O/c1-8-7-15(6-5-13-8)10-4-2-3-9(14-10)11(12)16/h2-4,8,13H,5-7H2,1H3,(H2,12,16)/t8-/m0/s1. The Labute approximate surface area is 94.6 Å². The third kappa shape index (κ3) is 2.30. The Morgan fingerprint density at radius 1 is 1.62 bits per heavy atom. The molecule has 0 aromatic carbocycles. The van der Waals surface area contributed by atoms with Gasteiger partial charge < -0.3 is 16.0 Å². The first kappa shape index (κ1) is 10.9. The van der Waals surface area contributed by atoms with E-state index in [1.54, 1.807) is 6.07 Å². The number of nitrogens with one attached hydrogen (secondary N) is 1. The summed E-state index contributed by atoms with van der Waals surface area (Å²) in [4.78, 5) is 17.4. The lowest BCUT2D eigenvalue weighted by Gasteiger charge is -2.32. The summed E-state index contributed by atoms with van der Waals surface area (Å²) in [5, 5.41) is 3.36. The van der Waals surface area contributed by atoms with Crippen LogP contribution in [0.3, 0.4) is 0 Å². The molecule has 86 valence electrons. The molecule has 1 aromatic rings. The minimum atomic E-state index is -0.481. The van der Waals surface area contributed by atoms with Crippen molar-refractivity contribution in [3.05, 3.63) is 23.9 Å². The summed E-state index contributed by atoms with van der Waals surface area (Å²) in [6.45, 7) is 4.86. The van der Waals surface area contributed by atoms with Crippen LogP contribution in [0.2, 0.25) is 0 Å². The van der Waals surface area contributed by atoms with Gasteiger partial charge in [0.1, 0.15) is 11.5 Å². The van der Waals surface area contributed by atoms with Crippen LogP contribution in [0.25, 0.3) is 0 Å². The number of piperazine rings is 1. The van der Waals surface area contributed by atoms with E-state index in [1.807, 2.05) is 12.1 Å². The van der Waals surface area contributed by atoms with Gasteiger partial charge in [-0.2, -0.15) is 0 Å². The summed E-state index contributed by atoms with van der Waals surface area (Å²) in [6.07, 6.45) is 0. The van der Waals surface area contributed by atoms with Crippen LogP contribution >= 0.6 is 0 Å². The summed E-state index contributed by atoms with van der Waals surface area (Å²) in [5.41, 5.74) is 5.53. The number of amides is 1. The SMILES string of the molecule is C[C@H]1CN(c2cccc(C(N)=O)n2)CCN1. The molecule has 0 spiro atoms. The largest absolute Gasteiger partial charge is 0.364 e. The molecule has 1 saturated heterocycles. The molecule has 0 radical (unpaired) electrons. The number of nitrogens with two attached hydrogens (primary N) is 1. The zero-order valence-electron chi connectivity index (χ0n) is 9.31. The van der Waals surface area contributed by atoms with E-state index in [0.29, 0.717) is 11.7 Å². The van der Waals surface area contributed by atoms with E-state index in [4.69, 9.17) is 5.73 Å². The summed E-state index contributed by atoms with van der Waals surface area (Å²) in [5.74, 6) is 0.342. The Morgan fingerprint density at radius 3 is 3.12 bits per heavy atom. The van der Waals surface area contributed by atoms with Crippen LogP contribution in [0.15, 0.2) is 18.2 Å². The van der Waals surface area contributed by atoms with E-state index in [9.17, 15) is 4.79 Å². The maximum atomic E-state index is 11.0. The highest BCUT2D eigenvalue weighted by atomic mass is 16.1. The molecule has 0 saturated carbocycles. The monoisotopic (exact) mass is 220 g/mol. The molecule has 1 aromatic heterocycles. The van der Waals surface area contributed by atoms with Crippen molar-refractivity contribution in [1.29, 1.82) is 0 Å². The third-order valence-electron chi connectivity index (χ3n) is 2.68. The molecule has 5 nitrogen and oxygen atoms in total. The molecule has 1 fully saturated rings. The molecule has 0 aliphatic carbocycles. The fraction of sp³-hybridized carbons (Fsp3) is 0.455. The topological polar surface area (TPSA) is 71.2 Å². The van der Waals surface area contributed by atoms with E-state index in [2.05, 4.69) is 22.1 Å². The zero-order chi connectivity index (χ0) is 11.5. The van der Waals surface area contributed by atoms with Crippen LogP contribution < -0.4 is 16.0 Å². The maximum absolute atomic E-state index is 11.0. The van der Waals surface area contributed by atoms with Gasteiger partial charge in [-0.15, -0.1) is 0 Å². The third-order valence-corrected chi connectivity index (χ3v) is 2.68. The number of aromatic nitrogens is 1. The first-order valence-electron chi connectivity index (χ1n) is 5.42. The van der Waals surface area contributed by atoms with Crippen molar-refractivity contribution in [3.8, 4) is 0 Å². The Kier molecular flexibility index (Phi) is 3.05. The van der Waals surface area contributed by atoms with Gasteiger partial charge in [-0.3, -0.25) is 4.79 Å². The van der Waals surface area contributed by atoms with Crippen molar-refractivity contribution in [2.75, 3.05) is 24.5 Å². The van der Waals surface area contributed by atoms with E-state index < -0.39 is 5.91 Å². The smallest absolute Gasteiger partial charge is 0.267 e. The molecule has 0 bridgehead atoms. The van der Waals surface area contributed by atoms with Crippen LogP contribution in [0.1, 0.15) is 17.4 Å². The highest BCUT2D eigenvalue weighted by molar-refractivity contribution is 5.91. The molecule has 1 aliphatic rings. The molecule has 1 aliphatic heterocycles. The number of anilines is 1. The second-order valence-electron chi connectivity index (χ2n) is 4.05. The quantitative estimate of drug-likeness (QED) is 0.734. The summed E-state index contributed by atoms with van der Waals surface area (Å²) < 4.78 is 0. The minimum Gasteiger partial charge on any atom is -0.364 e. The van der Waals surface area contributed by atoms with E-state index in [0.717, 1.165) is 25.5 Å². The number of pyridine rings is 1. The number of primary amides is 1. The minimum absolute atomic E-state index is 0.323. The van der Waals surface area contributed by atoms with Crippen LogP contribution in [-0.4, -0.2) is 36.6 Å². The molecule has 3 N–H and O–H groups in total. The number of hydrogen-bond acceptors (Lipinski definition) is 4. The number of hydrogen-bond donors (Lipinski definition) is 2. The first-order chi connectivity index (χ1) is 7.66. The van der Waals surface area contributed by atoms with Crippen molar-refractivity contribution < 1.29 is 4.79 Å². The van der Waals surface area contributed by atoms with Crippen LogP contribution in [0, 0.1) is 0 Å². The lowest BCUT2D eigenvalue weighted by Crippen LogP contribution is -2.49.